The maximum absolute atomic E-state index is 12.9. The van der Waals surface area contributed by atoms with Crippen LogP contribution in [0.15, 0.2) is 12.2 Å². The van der Waals surface area contributed by atoms with Gasteiger partial charge in [-0.05, 0) is 38.5 Å². The zero-order chi connectivity index (χ0) is 46.2. The Balaban J connectivity index is 4.10. The normalized spacial score (nSPS) is 14.3. The van der Waals surface area contributed by atoms with Gasteiger partial charge in [-0.15, -0.1) is 0 Å². The van der Waals surface area contributed by atoms with Crippen LogP contribution < -0.4 is 5.73 Å². The van der Waals surface area contributed by atoms with E-state index in [0.717, 1.165) is 57.8 Å². The second kappa shape index (κ2) is 49.1. The monoisotopic (exact) mass is 916 g/mol. The lowest BCUT2D eigenvalue weighted by atomic mass is 10.0. The van der Waals surface area contributed by atoms with Crippen LogP contribution in [0.2, 0.25) is 0 Å². The van der Waals surface area contributed by atoms with Gasteiger partial charge in [0.05, 0.1) is 19.3 Å². The van der Waals surface area contributed by atoms with Crippen molar-refractivity contribution in [3.05, 3.63) is 12.2 Å². The summed E-state index contributed by atoms with van der Waals surface area (Å²) < 4.78 is 28.3. The van der Waals surface area contributed by atoms with E-state index in [9.17, 15) is 24.5 Å². The molecule has 0 aromatic heterocycles. The number of hydrogen-bond donors (Lipinski definition) is 4. The number of rotatable bonds is 52. The van der Waals surface area contributed by atoms with E-state index in [1.165, 1.54) is 186 Å². The minimum absolute atomic E-state index is 0.00538. The van der Waals surface area contributed by atoms with E-state index in [4.69, 9.17) is 19.5 Å². The fraction of sp³-hybridized carbons (Fsp3) is 0.943. The van der Waals surface area contributed by atoms with E-state index in [1.807, 2.05) is 0 Å². The summed E-state index contributed by atoms with van der Waals surface area (Å²) in [7, 11) is -4.56. The van der Waals surface area contributed by atoms with E-state index in [0.29, 0.717) is 12.8 Å². The van der Waals surface area contributed by atoms with Gasteiger partial charge in [-0.1, -0.05) is 244 Å². The summed E-state index contributed by atoms with van der Waals surface area (Å²) in [5, 5.41) is 21.0. The molecule has 10 heteroatoms. The van der Waals surface area contributed by atoms with Crippen LogP contribution in [0.1, 0.15) is 284 Å². The van der Waals surface area contributed by atoms with Crippen LogP contribution in [0.5, 0.6) is 0 Å². The first-order chi connectivity index (χ1) is 30.8. The van der Waals surface area contributed by atoms with Crippen molar-refractivity contribution in [1.29, 1.82) is 0 Å². The summed E-state index contributed by atoms with van der Waals surface area (Å²) in [6.07, 6.45) is 52.1. The van der Waals surface area contributed by atoms with E-state index < -0.39 is 38.7 Å². The highest BCUT2D eigenvalue weighted by molar-refractivity contribution is 7.47. The number of esters is 1. The molecule has 0 aliphatic heterocycles. The second-order valence-corrected chi connectivity index (χ2v) is 20.2. The lowest BCUT2D eigenvalue weighted by molar-refractivity contribution is -0.158. The third kappa shape index (κ3) is 46.1. The largest absolute Gasteiger partial charge is 0.472 e. The quantitative estimate of drug-likeness (QED) is 0.0202. The summed E-state index contributed by atoms with van der Waals surface area (Å²) in [6.45, 7) is 3.68. The number of carbonyl (C=O) groups excluding carboxylic acids is 1. The smallest absolute Gasteiger partial charge is 0.459 e. The number of aliphatic hydroxyl groups excluding tert-OH is 2. The SMILES string of the molecule is CCCCCCCCC=CCCCCCCC(O)CC(OC(=O)CCCCCCCCCCCCCCCCCCCCCCCCCCCCC)[C@H](CO)OP(=O)(O)OCCN. The number of allylic oxidation sites excluding steroid dienone is 2. The molecular weight excluding hydrogens is 810 g/mol. The second-order valence-electron chi connectivity index (χ2n) is 18.8. The van der Waals surface area contributed by atoms with Crippen molar-refractivity contribution in [3.8, 4) is 0 Å². The Morgan fingerprint density at radius 2 is 0.889 bits per heavy atom. The Morgan fingerprint density at radius 1 is 0.540 bits per heavy atom. The Morgan fingerprint density at radius 3 is 1.25 bits per heavy atom. The summed E-state index contributed by atoms with van der Waals surface area (Å²) in [6, 6.07) is 0. The van der Waals surface area contributed by atoms with E-state index >= 15 is 0 Å². The molecule has 0 saturated carbocycles. The lowest BCUT2D eigenvalue weighted by Gasteiger charge is -2.28. The van der Waals surface area contributed by atoms with Crippen LogP contribution >= 0.6 is 7.82 Å². The van der Waals surface area contributed by atoms with Crippen LogP contribution in [-0.2, 0) is 23.1 Å². The molecule has 0 spiro atoms. The zero-order valence-electron chi connectivity index (χ0n) is 41.6. The number of carbonyl (C=O) groups is 1. The molecule has 5 N–H and O–H groups in total. The number of nitrogens with two attached hydrogens (primary N) is 1. The molecule has 0 bridgehead atoms. The van der Waals surface area contributed by atoms with Crippen LogP contribution in [0.25, 0.3) is 0 Å². The Hall–Kier alpha value is -0.800. The van der Waals surface area contributed by atoms with Gasteiger partial charge in [0.25, 0.3) is 0 Å². The van der Waals surface area contributed by atoms with Crippen molar-refractivity contribution < 1.29 is 38.3 Å². The third-order valence-electron chi connectivity index (χ3n) is 12.6. The lowest BCUT2D eigenvalue weighted by Crippen LogP contribution is -2.38. The molecule has 0 aliphatic carbocycles. The van der Waals surface area contributed by atoms with Crippen molar-refractivity contribution >= 4 is 13.8 Å². The van der Waals surface area contributed by atoms with Gasteiger partial charge < -0.3 is 25.6 Å². The first kappa shape index (κ1) is 62.2. The maximum Gasteiger partial charge on any atom is 0.472 e. The Labute approximate surface area is 390 Å². The van der Waals surface area contributed by atoms with E-state index in [-0.39, 0.29) is 26.0 Å². The highest BCUT2D eigenvalue weighted by Gasteiger charge is 2.35. The highest BCUT2D eigenvalue weighted by atomic mass is 31.2. The van der Waals surface area contributed by atoms with Crippen LogP contribution in [0, 0.1) is 0 Å². The molecule has 63 heavy (non-hydrogen) atoms. The average Bonchev–Trinajstić information content (AvgIpc) is 3.27. The van der Waals surface area contributed by atoms with Gasteiger partial charge in [-0.3, -0.25) is 13.8 Å². The molecule has 0 radical (unpaired) electrons. The summed E-state index contributed by atoms with van der Waals surface area (Å²) in [5.41, 5.74) is 5.41. The Bertz CT molecular complexity index is 1020. The molecule has 3 unspecified atom stereocenters. The molecule has 0 amide bonds. The molecule has 9 nitrogen and oxygen atoms in total. The van der Waals surface area contributed by atoms with Gasteiger partial charge in [0.15, 0.2) is 0 Å². The first-order valence-electron chi connectivity index (χ1n) is 27.3. The van der Waals surface area contributed by atoms with Crippen molar-refractivity contribution in [2.24, 2.45) is 5.73 Å². The molecule has 4 atom stereocenters. The molecular formula is C53H106NO8P. The van der Waals surface area contributed by atoms with Crippen LogP contribution in [0.4, 0.5) is 0 Å². The highest BCUT2D eigenvalue weighted by Crippen LogP contribution is 2.45. The fourth-order valence-corrected chi connectivity index (χ4v) is 9.46. The first-order valence-corrected chi connectivity index (χ1v) is 28.8. The Kier molecular flexibility index (Phi) is 48.5. The topological polar surface area (TPSA) is 149 Å². The average molecular weight is 916 g/mol. The number of aliphatic hydroxyl groups is 2. The number of phosphoric ester groups is 1. The van der Waals surface area contributed by atoms with Gasteiger partial charge in [-0.25, -0.2) is 4.57 Å². The van der Waals surface area contributed by atoms with Crippen LogP contribution in [-0.4, -0.2) is 59.1 Å². The summed E-state index contributed by atoms with van der Waals surface area (Å²) in [4.78, 5) is 23.1. The molecule has 0 saturated heterocycles. The molecule has 0 aliphatic rings. The van der Waals surface area contributed by atoms with Gasteiger partial charge in [0.1, 0.15) is 12.2 Å². The van der Waals surface area contributed by atoms with Crippen molar-refractivity contribution in [2.75, 3.05) is 19.8 Å². The van der Waals surface area contributed by atoms with E-state index in [2.05, 4.69) is 26.0 Å². The molecule has 0 aromatic rings. The standard InChI is InChI=1S/C53H106NO8P/c1-3-5-7-9-11-13-15-17-19-20-21-22-23-24-25-26-27-28-29-30-31-33-35-37-39-41-43-45-53(57)61-51(52(49-55)62-63(58,59)60-47-46-54)48-50(56)44-42-40-38-36-34-32-18-16-14-12-10-8-6-4-2/h18,32,50-52,55-56H,3-17,19-31,33-49,54H2,1-2H3,(H,58,59)/t50?,51?,52-/m0/s1. The molecule has 0 aromatic carbocycles. The van der Waals surface area contributed by atoms with E-state index in [1.54, 1.807) is 0 Å². The summed E-state index contributed by atoms with van der Waals surface area (Å²) >= 11 is 0. The van der Waals surface area contributed by atoms with Gasteiger partial charge in [0, 0.05) is 19.4 Å². The fourth-order valence-electron chi connectivity index (χ4n) is 8.51. The van der Waals surface area contributed by atoms with Crippen molar-refractivity contribution in [3.63, 3.8) is 0 Å². The van der Waals surface area contributed by atoms with Gasteiger partial charge in [-0.2, -0.15) is 0 Å². The minimum Gasteiger partial charge on any atom is -0.459 e. The van der Waals surface area contributed by atoms with Gasteiger partial charge >= 0.3 is 13.8 Å². The predicted octanol–water partition coefficient (Wildman–Crippen LogP) is 15.7. The predicted molar refractivity (Wildman–Crippen MR) is 267 cm³/mol. The maximum atomic E-state index is 12.9. The number of unbranched alkanes of at least 4 members (excludes halogenated alkanes) is 36. The molecule has 0 fully saturated rings. The van der Waals surface area contributed by atoms with Crippen molar-refractivity contribution in [1.82, 2.24) is 0 Å². The molecule has 0 rings (SSSR count). The minimum atomic E-state index is -4.56. The third-order valence-corrected chi connectivity index (χ3v) is 13.6. The molecule has 376 valence electrons. The van der Waals surface area contributed by atoms with Gasteiger partial charge in [0.2, 0.25) is 0 Å². The zero-order valence-corrected chi connectivity index (χ0v) is 42.5. The van der Waals surface area contributed by atoms with Crippen LogP contribution in [0.3, 0.4) is 0 Å². The van der Waals surface area contributed by atoms with Crippen molar-refractivity contribution in [2.45, 2.75) is 302 Å². The number of hydrogen-bond acceptors (Lipinski definition) is 8. The summed E-state index contributed by atoms with van der Waals surface area (Å²) in [5.74, 6) is -0.464. The molecule has 0 heterocycles. The number of ether oxygens (including phenoxy) is 1. The number of phosphoric acid groups is 1.